The minimum absolute atomic E-state index is 0.236. The second-order valence-electron chi connectivity index (χ2n) is 5.56. The van der Waals surface area contributed by atoms with Gasteiger partial charge in [-0.1, -0.05) is 23.7 Å². The van der Waals surface area contributed by atoms with Crippen LogP contribution in [-0.4, -0.2) is 30.2 Å². The molecule has 0 bridgehead atoms. The maximum atomic E-state index is 12.3. The molecule has 0 atom stereocenters. The van der Waals surface area contributed by atoms with E-state index in [1.807, 2.05) is 0 Å². The molecular weight excluding hydrogens is 382 g/mol. The number of nitrogens with zero attached hydrogens (tertiary/aromatic N) is 1. The number of carbonyl (C=O) groups is 2. The number of hydrogen-bond donors (Lipinski definition) is 2. The Kier molecular flexibility index (Phi) is 6.08. The van der Waals surface area contributed by atoms with Crippen molar-refractivity contribution in [1.29, 1.82) is 0 Å². The van der Waals surface area contributed by atoms with Gasteiger partial charge in [0.2, 0.25) is 0 Å². The highest BCUT2D eigenvalue weighted by Crippen LogP contribution is 2.29. The number of aromatic nitrogens is 1. The third-order valence-electron chi connectivity index (χ3n) is 3.71. The van der Waals surface area contributed by atoms with Crippen molar-refractivity contribution >= 4 is 29.7 Å². The Morgan fingerprint density at radius 1 is 1.11 bits per heavy atom. The zero-order valence-corrected chi connectivity index (χ0v) is 15.6. The summed E-state index contributed by atoms with van der Waals surface area (Å²) >= 11 is 6.02. The highest BCUT2D eigenvalue weighted by atomic mass is 35.5. The molecule has 0 spiro atoms. The first kappa shape index (κ1) is 19.2. The fraction of sp³-hybridized carbons (Fsp3) is 0.0500. The zero-order chi connectivity index (χ0) is 19.9. The number of rotatable bonds is 6. The van der Waals surface area contributed by atoms with E-state index in [1.165, 1.54) is 13.3 Å². The number of ether oxygens (including phenoxy) is 2. The van der Waals surface area contributed by atoms with Crippen molar-refractivity contribution in [2.24, 2.45) is 5.10 Å². The zero-order valence-electron chi connectivity index (χ0n) is 14.8. The monoisotopic (exact) mass is 397 g/mol. The molecule has 0 radical (unpaired) electrons. The summed E-state index contributed by atoms with van der Waals surface area (Å²) in [5.74, 6) is -0.387. The van der Waals surface area contributed by atoms with Gasteiger partial charge in [0.25, 0.3) is 5.91 Å². The van der Waals surface area contributed by atoms with E-state index in [2.05, 4.69) is 15.5 Å². The van der Waals surface area contributed by atoms with E-state index in [1.54, 1.807) is 60.8 Å². The third kappa shape index (κ3) is 4.57. The predicted molar refractivity (Wildman–Crippen MR) is 105 cm³/mol. The van der Waals surface area contributed by atoms with Crippen LogP contribution in [0.5, 0.6) is 11.5 Å². The molecule has 0 aliphatic carbocycles. The number of methoxy groups -OCH3 is 1. The highest BCUT2D eigenvalue weighted by Gasteiger charge is 2.15. The van der Waals surface area contributed by atoms with Crippen molar-refractivity contribution in [3.63, 3.8) is 0 Å². The molecule has 8 heteroatoms. The van der Waals surface area contributed by atoms with Crippen LogP contribution in [-0.2, 0) is 0 Å². The van der Waals surface area contributed by atoms with E-state index in [9.17, 15) is 9.59 Å². The van der Waals surface area contributed by atoms with E-state index in [0.717, 1.165) is 0 Å². The lowest BCUT2D eigenvalue weighted by atomic mass is 10.2. The van der Waals surface area contributed by atoms with E-state index in [0.29, 0.717) is 22.0 Å². The van der Waals surface area contributed by atoms with Crippen LogP contribution in [0.1, 0.15) is 26.4 Å². The van der Waals surface area contributed by atoms with E-state index >= 15 is 0 Å². The van der Waals surface area contributed by atoms with Crippen LogP contribution in [0.2, 0.25) is 5.02 Å². The van der Waals surface area contributed by atoms with E-state index < -0.39 is 5.97 Å². The van der Waals surface area contributed by atoms with Crippen molar-refractivity contribution in [1.82, 2.24) is 10.4 Å². The van der Waals surface area contributed by atoms with Crippen molar-refractivity contribution < 1.29 is 19.1 Å². The number of amides is 1. The molecule has 2 aromatic carbocycles. The van der Waals surface area contributed by atoms with Crippen molar-refractivity contribution in [2.45, 2.75) is 0 Å². The summed E-state index contributed by atoms with van der Waals surface area (Å²) in [5, 5.41) is 4.20. The summed E-state index contributed by atoms with van der Waals surface area (Å²) in [5.41, 5.74) is 3.70. The molecule has 1 amide bonds. The van der Waals surface area contributed by atoms with Crippen molar-refractivity contribution in [3.8, 4) is 11.5 Å². The summed E-state index contributed by atoms with van der Waals surface area (Å²) in [6.07, 6.45) is 3.09. The van der Waals surface area contributed by atoms with E-state index in [-0.39, 0.29) is 17.2 Å². The number of carbonyl (C=O) groups excluding carboxylic acids is 2. The topological polar surface area (TPSA) is 92.8 Å². The molecule has 0 saturated heterocycles. The molecule has 1 aromatic heterocycles. The number of halogens is 1. The number of aromatic amines is 1. The van der Waals surface area contributed by atoms with Crippen LogP contribution >= 0.6 is 11.6 Å². The van der Waals surface area contributed by atoms with Gasteiger partial charge in [-0.15, -0.1) is 0 Å². The number of nitrogens with one attached hydrogen (secondary N) is 2. The molecule has 142 valence electrons. The smallest absolute Gasteiger partial charge is 0.345 e. The van der Waals surface area contributed by atoms with Gasteiger partial charge in [0.1, 0.15) is 5.69 Å². The molecule has 28 heavy (non-hydrogen) atoms. The van der Waals surface area contributed by atoms with Crippen molar-refractivity contribution in [3.05, 3.63) is 82.6 Å². The molecule has 0 saturated carbocycles. The number of hydrazone groups is 1. The number of esters is 1. The lowest BCUT2D eigenvalue weighted by Crippen LogP contribution is -2.17. The molecule has 3 rings (SSSR count). The van der Waals surface area contributed by atoms with Crippen molar-refractivity contribution in [2.75, 3.05) is 7.11 Å². The van der Waals surface area contributed by atoms with Gasteiger partial charge in [0.05, 0.1) is 23.9 Å². The maximum Gasteiger partial charge on any atom is 0.345 e. The Labute approximate surface area is 165 Å². The molecule has 0 aliphatic rings. The summed E-state index contributed by atoms with van der Waals surface area (Å²) in [6, 6.07) is 14.8. The largest absolute Gasteiger partial charge is 0.493 e. The fourth-order valence-corrected chi connectivity index (χ4v) is 2.54. The summed E-state index contributed by atoms with van der Waals surface area (Å²) < 4.78 is 10.7. The first-order valence-electron chi connectivity index (χ1n) is 8.20. The van der Waals surface area contributed by atoms with Gasteiger partial charge < -0.3 is 14.5 Å². The van der Waals surface area contributed by atoms with Crippen LogP contribution < -0.4 is 14.9 Å². The Balaban J connectivity index is 1.70. The quantitative estimate of drug-likeness (QED) is 0.287. The summed E-state index contributed by atoms with van der Waals surface area (Å²) in [7, 11) is 1.45. The lowest BCUT2D eigenvalue weighted by molar-refractivity contribution is 0.0729. The predicted octanol–water partition coefficient (Wildman–Crippen LogP) is 3.66. The molecule has 0 unspecified atom stereocenters. The normalized spacial score (nSPS) is 10.6. The molecular formula is C20H16ClN3O4. The van der Waals surface area contributed by atoms with Gasteiger partial charge >= 0.3 is 5.97 Å². The molecule has 1 heterocycles. The summed E-state index contributed by atoms with van der Waals surface area (Å²) in [4.78, 5) is 26.9. The van der Waals surface area contributed by atoms with Gasteiger partial charge in [-0.25, -0.2) is 10.2 Å². The lowest BCUT2D eigenvalue weighted by Gasteiger charge is -2.10. The first-order chi connectivity index (χ1) is 13.6. The van der Waals surface area contributed by atoms with Crippen LogP contribution in [0.15, 0.2) is 65.9 Å². The van der Waals surface area contributed by atoms with Crippen LogP contribution in [0.4, 0.5) is 0 Å². The van der Waals surface area contributed by atoms with Gasteiger partial charge in [0.15, 0.2) is 11.5 Å². The minimum atomic E-state index is -0.594. The Morgan fingerprint density at radius 3 is 2.64 bits per heavy atom. The molecule has 3 aromatic rings. The second kappa shape index (κ2) is 8.88. The minimum Gasteiger partial charge on any atom is -0.493 e. The second-order valence-corrected chi connectivity index (χ2v) is 5.97. The third-order valence-corrected chi connectivity index (χ3v) is 4.04. The van der Waals surface area contributed by atoms with E-state index in [4.69, 9.17) is 21.1 Å². The average Bonchev–Trinajstić information content (AvgIpc) is 3.24. The Bertz CT molecular complexity index is 1020. The standard InChI is InChI=1S/C20H16ClN3O4/c1-27-18-11-13(12-23-24-19(25)16-7-4-10-22-16)8-9-17(18)28-20(26)14-5-2-3-6-15(14)21/h2-12,22H,1H3,(H,24,25)/b23-12-. The van der Waals surface area contributed by atoms with Crippen LogP contribution in [0, 0.1) is 0 Å². The van der Waals surface area contributed by atoms with Gasteiger partial charge in [-0.3, -0.25) is 4.79 Å². The molecule has 7 nitrogen and oxygen atoms in total. The van der Waals surface area contributed by atoms with Crippen LogP contribution in [0.3, 0.4) is 0 Å². The molecule has 0 aliphatic heterocycles. The Hall–Kier alpha value is -3.58. The fourth-order valence-electron chi connectivity index (χ4n) is 2.33. The van der Waals surface area contributed by atoms with Crippen LogP contribution in [0.25, 0.3) is 0 Å². The molecule has 2 N–H and O–H groups in total. The number of hydrogen-bond acceptors (Lipinski definition) is 5. The average molecular weight is 398 g/mol. The first-order valence-corrected chi connectivity index (χ1v) is 8.58. The van der Waals surface area contributed by atoms with Gasteiger partial charge in [-0.05, 0) is 48.0 Å². The summed E-state index contributed by atoms with van der Waals surface area (Å²) in [6.45, 7) is 0. The number of benzene rings is 2. The maximum absolute atomic E-state index is 12.3. The molecule has 0 fully saturated rings. The van der Waals surface area contributed by atoms with Gasteiger partial charge in [-0.2, -0.15) is 5.10 Å². The highest BCUT2D eigenvalue weighted by molar-refractivity contribution is 6.33. The Morgan fingerprint density at radius 2 is 1.93 bits per heavy atom. The van der Waals surface area contributed by atoms with Gasteiger partial charge in [0, 0.05) is 6.20 Å². The SMILES string of the molecule is COc1cc(/C=N\NC(=O)c2ccc[nH]2)ccc1OC(=O)c1ccccc1Cl. The number of H-pyrrole nitrogens is 1.